The summed E-state index contributed by atoms with van der Waals surface area (Å²) in [5, 5.41) is 22.5. The van der Waals surface area contributed by atoms with Crippen molar-refractivity contribution < 1.29 is 67.2 Å². The number of Topliss-reactive ketones (excluding diaryl/α,β-unsaturated/α-hetero) is 3. The van der Waals surface area contributed by atoms with Gasteiger partial charge < -0.3 is 33.0 Å². The molecular formula is C99H88N6O14S3. The Kier molecular flexibility index (Phi) is 28.3. The van der Waals surface area contributed by atoms with Crippen LogP contribution in [0.2, 0.25) is 0 Å². The Morgan fingerprint density at radius 1 is 0.320 bits per heavy atom. The number of hydrogen-bond acceptors (Lipinski definition) is 20. The number of carbonyl (C=O) groups excluding carboxylic acids is 10. The van der Waals surface area contributed by atoms with Crippen LogP contribution in [0, 0.1) is 13.8 Å². The summed E-state index contributed by atoms with van der Waals surface area (Å²) in [6.45, 7) is 15.7. The first-order valence-electron chi connectivity index (χ1n) is 40.2. The van der Waals surface area contributed by atoms with E-state index in [0.717, 1.165) is 128 Å². The Labute approximate surface area is 716 Å². The number of unbranched alkanes of at least 4 members (excludes halogenated alkanes) is 6. The molecule has 6 heterocycles. The third kappa shape index (κ3) is 19.8. The number of aromatic nitrogens is 3. The number of oxime groups is 3. The molecule has 0 saturated carbocycles. The summed E-state index contributed by atoms with van der Waals surface area (Å²) in [4.78, 5) is 144. The second-order valence-electron chi connectivity index (χ2n) is 29.3. The van der Waals surface area contributed by atoms with E-state index in [1.54, 1.807) is 78.9 Å². The maximum Gasteiger partial charge on any atom is 0.365 e. The fourth-order valence-corrected chi connectivity index (χ4v) is 16.8. The lowest BCUT2D eigenvalue weighted by molar-refractivity contribution is -0.142. The highest BCUT2D eigenvalue weighted by Crippen LogP contribution is 2.37. The second kappa shape index (κ2) is 40.0. The number of rotatable bonds is 31. The molecule has 122 heavy (non-hydrogen) atoms. The van der Waals surface area contributed by atoms with Gasteiger partial charge in [-0.1, -0.05) is 153 Å². The van der Waals surface area contributed by atoms with Crippen LogP contribution >= 0.6 is 34.0 Å². The van der Waals surface area contributed by atoms with Gasteiger partial charge in [-0.3, -0.25) is 33.6 Å². The van der Waals surface area contributed by atoms with Gasteiger partial charge in [0.25, 0.3) is 0 Å². The van der Waals surface area contributed by atoms with Crippen molar-refractivity contribution in [3.63, 3.8) is 0 Å². The molecule has 0 bridgehead atoms. The molecule has 9 aromatic carbocycles. The van der Waals surface area contributed by atoms with Crippen molar-refractivity contribution in [2.75, 3.05) is 6.61 Å². The van der Waals surface area contributed by atoms with E-state index in [1.165, 1.54) is 74.5 Å². The zero-order valence-electron chi connectivity index (χ0n) is 68.7. The van der Waals surface area contributed by atoms with Gasteiger partial charge >= 0.3 is 23.9 Å². The number of esters is 1. The molecule has 0 aliphatic carbocycles. The van der Waals surface area contributed by atoms with Gasteiger partial charge in [-0.15, -0.1) is 34.0 Å². The van der Waals surface area contributed by atoms with Crippen molar-refractivity contribution in [3.8, 4) is 0 Å². The largest absolute Gasteiger partial charge is 0.464 e. The first kappa shape index (κ1) is 86.2. The molecule has 15 aromatic rings. The summed E-state index contributed by atoms with van der Waals surface area (Å²) in [5.41, 5.74) is 12.0. The Balaban J connectivity index is 0.000000159. The molecule has 0 fully saturated rings. The Hall–Kier alpha value is -13.6. The van der Waals surface area contributed by atoms with E-state index in [4.69, 9.17) is 14.4 Å². The standard InChI is InChI=1S/C39H34N2O4S.C34H32N2O4S.C26H22N2O6S/c1-3-4-5-11-22-41-33-20-18-28(37(42)35-17-12-23-46-35)24-31(33)32-25-29(19-21-34(32)41)38(43)36(30-16-10-9-13-26(30)2)40-45-39(44)27-14-7-6-8-15-27;1-4-5-6-9-18-36-29-16-14-24(33(38)31-13-10-19-41-31)20-27(29)28-21-25(15-17-30(28)36)34(39)32(35-40-23(3)37)26-12-8-7-11-22(26)2;1-15(27-34-17(3)30)25(31)18-6-8-22-20(13-18)21-14-19(26(32)24-5-4-12-35-24)7-9-23(21)28(22)10-11-33-16(2)29/h6-10,12-21,23-25H,3-5,11,22H2,1-2H3;7-8,10-17,19-21H,4-6,9,18H2,1-3H3;4-9,12-14H,10-11H2,1-3H3/b40-36+;35-32+;27-15+. The maximum absolute atomic E-state index is 14.2. The van der Waals surface area contributed by atoms with Crippen LogP contribution in [0.1, 0.15) is 202 Å². The fraction of sp³-hybridized carbons (Fsp3) is 0.202. The topological polar surface area (TPSA) is 259 Å². The minimum Gasteiger partial charge on any atom is -0.464 e. The smallest absolute Gasteiger partial charge is 0.365 e. The van der Waals surface area contributed by atoms with Gasteiger partial charge in [-0.2, -0.15) is 0 Å². The summed E-state index contributed by atoms with van der Waals surface area (Å²) in [6, 6.07) is 67.9. The van der Waals surface area contributed by atoms with Crippen molar-refractivity contribution in [1.82, 2.24) is 13.7 Å². The van der Waals surface area contributed by atoms with Gasteiger partial charge in [0.05, 0.1) is 26.7 Å². The lowest BCUT2D eigenvalue weighted by atomic mass is 9.96. The first-order valence-corrected chi connectivity index (χ1v) is 42.9. The Bertz CT molecular complexity index is 6600. The zero-order valence-corrected chi connectivity index (χ0v) is 71.2. The Morgan fingerprint density at radius 2 is 0.656 bits per heavy atom. The first-order chi connectivity index (χ1) is 59.1. The number of thiophene rings is 3. The highest BCUT2D eigenvalue weighted by Gasteiger charge is 2.27. The summed E-state index contributed by atoms with van der Waals surface area (Å²) in [7, 11) is 0. The van der Waals surface area contributed by atoms with E-state index in [1.807, 2.05) is 180 Å². The number of ketones is 6. The van der Waals surface area contributed by atoms with Crippen LogP contribution in [-0.4, -0.2) is 96.0 Å². The number of carbonyl (C=O) groups is 10. The van der Waals surface area contributed by atoms with Crippen LogP contribution in [0.5, 0.6) is 0 Å². The molecule has 0 aliphatic heterocycles. The highest BCUT2D eigenvalue weighted by molar-refractivity contribution is 7.13. The Morgan fingerprint density at radius 3 is 1.01 bits per heavy atom. The van der Waals surface area contributed by atoms with Gasteiger partial charge in [-0.25, -0.2) is 14.4 Å². The zero-order chi connectivity index (χ0) is 86.1. The van der Waals surface area contributed by atoms with Crippen molar-refractivity contribution in [2.45, 2.75) is 126 Å². The average molecular weight is 1680 g/mol. The number of hydrogen-bond donors (Lipinski definition) is 0. The predicted molar refractivity (Wildman–Crippen MR) is 483 cm³/mol. The highest BCUT2D eigenvalue weighted by atomic mass is 32.1. The molecule has 0 amide bonds. The summed E-state index contributed by atoms with van der Waals surface area (Å²) >= 11 is 4.22. The molecule has 0 atom stereocenters. The van der Waals surface area contributed by atoms with Crippen molar-refractivity contribution in [1.29, 1.82) is 0 Å². The second-order valence-corrected chi connectivity index (χ2v) is 32.2. The summed E-state index contributed by atoms with van der Waals surface area (Å²) < 4.78 is 11.7. The van der Waals surface area contributed by atoms with Gasteiger partial charge in [-0.05, 0) is 200 Å². The van der Waals surface area contributed by atoms with Crippen molar-refractivity contribution in [2.24, 2.45) is 15.5 Å². The number of fused-ring (bicyclic) bond motifs is 9. The molecule has 23 heteroatoms. The van der Waals surface area contributed by atoms with Gasteiger partial charge in [0, 0.05) is 144 Å². The molecule has 0 unspecified atom stereocenters. The SMILES string of the molecule is CC(=O)OCCn1c2ccc(C(=O)/C(C)=N/OC(C)=O)cc2c2cc(C(=O)c3cccs3)ccc21.CCCCCCn1c2ccc(C(=O)/C(=N/OC(=O)c3ccccc3)c3ccccc3C)cc2c2cc(C(=O)c3cccs3)ccc21.CCCCCCn1c2ccc(C(=O)/C(=N/OC(C)=O)c3ccccc3C)cc2c2cc(C(=O)c3cccs3)ccc21. The predicted octanol–water partition coefficient (Wildman–Crippen LogP) is 22.3. The van der Waals surface area contributed by atoms with E-state index in [9.17, 15) is 47.9 Å². The van der Waals surface area contributed by atoms with Crippen LogP contribution in [0.25, 0.3) is 65.4 Å². The molecular weight excluding hydrogens is 1590 g/mol. The third-order valence-corrected chi connectivity index (χ3v) is 23.5. The van der Waals surface area contributed by atoms with Gasteiger partial charge in [0.1, 0.15) is 12.3 Å². The minimum atomic E-state index is -0.649. The van der Waals surface area contributed by atoms with Crippen LogP contribution in [-0.2, 0) is 53.3 Å². The van der Waals surface area contributed by atoms with Gasteiger partial charge in [0.2, 0.25) is 34.7 Å². The monoisotopic (exact) mass is 1680 g/mol. The normalized spacial score (nSPS) is 11.7. The lowest BCUT2D eigenvalue weighted by Gasteiger charge is -2.10. The molecule has 0 N–H and O–H groups in total. The third-order valence-electron chi connectivity index (χ3n) is 20.9. The fourth-order valence-electron chi connectivity index (χ4n) is 14.8. The summed E-state index contributed by atoms with van der Waals surface area (Å²) in [6.07, 6.45) is 8.99. The molecule has 0 saturated heterocycles. The van der Waals surface area contributed by atoms with E-state index in [2.05, 4.69) is 43.3 Å². The molecule has 0 radical (unpaired) electrons. The van der Waals surface area contributed by atoms with Gasteiger partial charge in [0.15, 0.2) is 11.4 Å². The van der Waals surface area contributed by atoms with Crippen molar-refractivity contribution in [3.05, 3.63) is 316 Å². The molecule has 0 aliphatic rings. The van der Waals surface area contributed by atoms with E-state index >= 15 is 0 Å². The maximum atomic E-state index is 14.2. The average Bonchev–Trinajstić information content (AvgIpc) is 1.61. The van der Waals surface area contributed by atoms with E-state index in [0.29, 0.717) is 71.2 Å². The van der Waals surface area contributed by atoms with Crippen LogP contribution in [0.3, 0.4) is 0 Å². The van der Waals surface area contributed by atoms with E-state index < -0.39 is 17.9 Å². The molecule has 6 aromatic heterocycles. The summed E-state index contributed by atoms with van der Waals surface area (Å²) in [5.74, 6) is -3.48. The molecule has 20 nitrogen and oxygen atoms in total. The number of aryl methyl sites for hydroxylation is 4. The van der Waals surface area contributed by atoms with E-state index in [-0.39, 0.29) is 64.4 Å². The number of ether oxygens (including phenoxy) is 1. The molecule has 15 rings (SSSR count). The minimum absolute atomic E-state index is 0.0201. The lowest BCUT2D eigenvalue weighted by Crippen LogP contribution is -2.18. The quantitative estimate of drug-likeness (QED) is 0.00977. The van der Waals surface area contributed by atoms with Crippen molar-refractivity contribution >= 4 is 175 Å². The molecule has 0 spiro atoms. The van der Waals surface area contributed by atoms with Crippen LogP contribution in [0.4, 0.5) is 0 Å². The molecule has 616 valence electrons. The van der Waals surface area contributed by atoms with Crippen LogP contribution < -0.4 is 0 Å². The number of nitrogens with zero attached hydrogens (tertiary/aromatic N) is 6. The van der Waals surface area contributed by atoms with Crippen LogP contribution in [0.15, 0.2) is 256 Å². The number of benzene rings is 9.